The summed E-state index contributed by atoms with van der Waals surface area (Å²) in [6.45, 7) is 5.48. The number of carbonyl (C=O) groups is 2. The SMILES string of the molecule is COC(=O)c1ccc(C=c2sc(=CC(=O)C(C)(C)C)[nH]c2=O)cc1. The van der Waals surface area contributed by atoms with Gasteiger partial charge >= 0.3 is 5.97 Å². The van der Waals surface area contributed by atoms with Crippen molar-refractivity contribution in [1.82, 2.24) is 4.98 Å². The molecular weight excluding hydrogens is 326 g/mol. The van der Waals surface area contributed by atoms with E-state index in [1.54, 1.807) is 30.3 Å². The van der Waals surface area contributed by atoms with Crippen LogP contribution in [0.2, 0.25) is 0 Å². The van der Waals surface area contributed by atoms with Crippen molar-refractivity contribution in [3.63, 3.8) is 0 Å². The number of nitrogens with one attached hydrogen (secondary N) is 1. The summed E-state index contributed by atoms with van der Waals surface area (Å²) >= 11 is 1.22. The minimum atomic E-state index is -0.492. The van der Waals surface area contributed by atoms with E-state index in [-0.39, 0.29) is 11.3 Å². The smallest absolute Gasteiger partial charge is 0.337 e. The Hall–Kier alpha value is -2.47. The van der Waals surface area contributed by atoms with E-state index in [1.165, 1.54) is 24.5 Å². The highest BCUT2D eigenvalue weighted by molar-refractivity contribution is 7.07. The van der Waals surface area contributed by atoms with E-state index in [1.807, 2.05) is 20.8 Å². The van der Waals surface area contributed by atoms with Crippen LogP contribution in [-0.2, 0) is 9.53 Å². The molecule has 2 rings (SSSR count). The number of H-pyrrole nitrogens is 1. The number of Topliss-reactive ketones (excluding diaryl/α,β-unsaturated/α-hetero) is 1. The average molecular weight is 345 g/mol. The molecule has 126 valence electrons. The average Bonchev–Trinajstić information content (AvgIpc) is 2.86. The van der Waals surface area contributed by atoms with Crippen LogP contribution >= 0.6 is 11.3 Å². The van der Waals surface area contributed by atoms with Gasteiger partial charge in [-0.2, -0.15) is 0 Å². The maximum Gasteiger partial charge on any atom is 0.337 e. The second-order valence-electron chi connectivity index (χ2n) is 6.30. The summed E-state index contributed by atoms with van der Waals surface area (Å²) in [4.78, 5) is 38.1. The van der Waals surface area contributed by atoms with E-state index < -0.39 is 11.4 Å². The fourth-order valence-electron chi connectivity index (χ4n) is 1.84. The van der Waals surface area contributed by atoms with Crippen molar-refractivity contribution >= 4 is 35.2 Å². The fourth-order valence-corrected chi connectivity index (χ4v) is 2.73. The van der Waals surface area contributed by atoms with Gasteiger partial charge in [0.15, 0.2) is 5.78 Å². The number of benzene rings is 1. The molecule has 1 aromatic carbocycles. The van der Waals surface area contributed by atoms with Crippen LogP contribution in [0.3, 0.4) is 0 Å². The number of esters is 1. The van der Waals surface area contributed by atoms with Crippen molar-refractivity contribution < 1.29 is 14.3 Å². The van der Waals surface area contributed by atoms with Gasteiger partial charge in [-0.1, -0.05) is 32.9 Å². The Kier molecular flexibility index (Phi) is 5.19. The van der Waals surface area contributed by atoms with Crippen molar-refractivity contribution in [3.05, 3.63) is 54.9 Å². The molecule has 0 aliphatic rings. The van der Waals surface area contributed by atoms with E-state index in [0.29, 0.717) is 14.8 Å². The summed E-state index contributed by atoms with van der Waals surface area (Å²) in [6.07, 6.45) is 3.17. The third-order valence-corrected chi connectivity index (χ3v) is 4.27. The number of ether oxygens (including phenoxy) is 1. The quantitative estimate of drug-likeness (QED) is 0.854. The van der Waals surface area contributed by atoms with Crippen molar-refractivity contribution in [2.45, 2.75) is 20.8 Å². The lowest BCUT2D eigenvalue weighted by molar-refractivity contribution is -0.119. The summed E-state index contributed by atoms with van der Waals surface area (Å²) in [5.74, 6) is -0.456. The van der Waals surface area contributed by atoms with E-state index in [0.717, 1.165) is 5.56 Å². The van der Waals surface area contributed by atoms with E-state index in [9.17, 15) is 14.4 Å². The molecule has 2 aromatic rings. The van der Waals surface area contributed by atoms with Gasteiger partial charge in [0.25, 0.3) is 5.56 Å². The summed E-state index contributed by atoms with van der Waals surface area (Å²) in [5.41, 5.74) is 0.488. The lowest BCUT2D eigenvalue weighted by Gasteiger charge is -2.12. The molecule has 0 fully saturated rings. The van der Waals surface area contributed by atoms with Crippen LogP contribution in [-0.4, -0.2) is 23.8 Å². The van der Waals surface area contributed by atoms with E-state index in [2.05, 4.69) is 9.72 Å². The summed E-state index contributed by atoms with van der Waals surface area (Å²) in [6, 6.07) is 6.73. The Balaban J connectivity index is 2.38. The second kappa shape index (κ2) is 6.97. The first-order valence-corrected chi connectivity index (χ1v) is 8.18. The van der Waals surface area contributed by atoms with Crippen LogP contribution in [0.4, 0.5) is 0 Å². The molecule has 0 saturated carbocycles. The van der Waals surface area contributed by atoms with Crippen LogP contribution in [0.5, 0.6) is 0 Å². The molecule has 1 heterocycles. The number of ketones is 1. The zero-order chi connectivity index (χ0) is 17.9. The zero-order valence-electron chi connectivity index (χ0n) is 14.0. The number of aromatic nitrogens is 1. The number of thiazole rings is 1. The van der Waals surface area contributed by atoms with Gasteiger partial charge in [0, 0.05) is 11.5 Å². The van der Waals surface area contributed by atoms with Gasteiger partial charge in [0.05, 0.1) is 21.9 Å². The standard InChI is InChI=1S/C18H19NO4S/c1-18(2,3)14(20)10-15-19-16(21)13(24-15)9-11-5-7-12(8-6-11)17(22)23-4/h5-10H,1-4H3,(H,19,21). The van der Waals surface area contributed by atoms with Gasteiger partial charge in [-0.3, -0.25) is 9.59 Å². The highest BCUT2D eigenvalue weighted by Crippen LogP contribution is 2.14. The van der Waals surface area contributed by atoms with Crippen LogP contribution in [0.1, 0.15) is 36.7 Å². The number of methoxy groups -OCH3 is 1. The second-order valence-corrected chi connectivity index (χ2v) is 7.38. The monoisotopic (exact) mass is 345 g/mol. The lowest BCUT2D eigenvalue weighted by atomic mass is 9.91. The van der Waals surface area contributed by atoms with Gasteiger partial charge in [-0.15, -0.1) is 11.3 Å². The van der Waals surface area contributed by atoms with Gasteiger partial charge in [-0.25, -0.2) is 4.79 Å². The molecule has 0 bridgehead atoms. The molecule has 0 aliphatic heterocycles. The third kappa shape index (κ3) is 4.29. The first-order valence-electron chi connectivity index (χ1n) is 7.36. The van der Waals surface area contributed by atoms with Gasteiger partial charge in [0.1, 0.15) is 0 Å². The summed E-state index contributed by atoms with van der Waals surface area (Å²) in [5, 5.41) is 0. The van der Waals surface area contributed by atoms with Crippen molar-refractivity contribution in [2.75, 3.05) is 7.11 Å². The Morgan fingerprint density at radius 1 is 1.17 bits per heavy atom. The predicted octanol–water partition coefficient (Wildman–Crippen LogP) is 1.45. The first-order chi connectivity index (χ1) is 11.2. The van der Waals surface area contributed by atoms with Crippen LogP contribution < -0.4 is 14.8 Å². The first kappa shape index (κ1) is 17.9. The maximum absolute atomic E-state index is 12.0. The van der Waals surface area contributed by atoms with Crippen LogP contribution in [0.25, 0.3) is 12.2 Å². The highest BCUT2D eigenvalue weighted by atomic mass is 32.1. The fraction of sp³-hybridized carbons (Fsp3) is 0.278. The molecule has 1 N–H and O–H groups in total. The van der Waals surface area contributed by atoms with Crippen LogP contribution in [0, 0.1) is 5.41 Å². The Morgan fingerprint density at radius 2 is 1.79 bits per heavy atom. The molecule has 1 aromatic heterocycles. The minimum Gasteiger partial charge on any atom is -0.465 e. The van der Waals surface area contributed by atoms with E-state index in [4.69, 9.17) is 0 Å². The van der Waals surface area contributed by atoms with Gasteiger partial charge in [0.2, 0.25) is 0 Å². The molecule has 24 heavy (non-hydrogen) atoms. The molecule has 0 amide bonds. The predicted molar refractivity (Wildman–Crippen MR) is 94.5 cm³/mol. The van der Waals surface area contributed by atoms with Crippen molar-refractivity contribution in [2.24, 2.45) is 5.41 Å². The molecule has 0 atom stereocenters. The number of carbonyl (C=O) groups excluding carboxylic acids is 2. The minimum absolute atomic E-state index is 0.0472. The normalized spacial score (nSPS) is 13.2. The Morgan fingerprint density at radius 3 is 2.33 bits per heavy atom. The Bertz CT molecular complexity index is 927. The van der Waals surface area contributed by atoms with Crippen molar-refractivity contribution in [3.8, 4) is 0 Å². The van der Waals surface area contributed by atoms with Gasteiger partial charge < -0.3 is 9.72 Å². The number of hydrogen-bond donors (Lipinski definition) is 1. The highest BCUT2D eigenvalue weighted by Gasteiger charge is 2.18. The molecule has 0 saturated heterocycles. The molecule has 0 unspecified atom stereocenters. The molecular formula is C18H19NO4S. The topological polar surface area (TPSA) is 76.2 Å². The summed E-state index contributed by atoms with van der Waals surface area (Å²) in [7, 11) is 1.32. The summed E-state index contributed by atoms with van der Waals surface area (Å²) < 4.78 is 5.66. The number of rotatable bonds is 3. The molecule has 5 nitrogen and oxygen atoms in total. The number of hydrogen-bond acceptors (Lipinski definition) is 5. The molecule has 0 radical (unpaired) electrons. The van der Waals surface area contributed by atoms with Crippen LogP contribution in [0.15, 0.2) is 29.1 Å². The zero-order valence-corrected chi connectivity index (χ0v) is 14.8. The molecule has 0 spiro atoms. The molecule has 6 heteroatoms. The molecule has 0 aliphatic carbocycles. The number of aromatic amines is 1. The Labute approximate surface area is 143 Å². The van der Waals surface area contributed by atoms with Gasteiger partial charge in [-0.05, 0) is 23.8 Å². The van der Waals surface area contributed by atoms with Crippen molar-refractivity contribution in [1.29, 1.82) is 0 Å². The van der Waals surface area contributed by atoms with E-state index >= 15 is 0 Å². The third-order valence-electron chi connectivity index (χ3n) is 3.31. The lowest BCUT2D eigenvalue weighted by Crippen LogP contribution is -2.22. The maximum atomic E-state index is 12.0. The largest absolute Gasteiger partial charge is 0.465 e.